The Labute approximate surface area is 588 Å². The Morgan fingerprint density at radius 1 is 0.302 bits per heavy atom. The van der Waals surface area contributed by atoms with E-state index in [2.05, 4.69) is 48.5 Å². The second-order valence-corrected chi connectivity index (χ2v) is 31.8. The van der Waals surface area contributed by atoms with Gasteiger partial charge >= 0.3 is 39.5 Å². The molecule has 0 radical (unpaired) electrons. The fourth-order valence-electron chi connectivity index (χ4n) is 11.7. The first-order valence-corrected chi connectivity index (χ1v) is 42.9. The highest BCUT2D eigenvalue weighted by Gasteiger charge is 2.30. The summed E-state index contributed by atoms with van der Waals surface area (Å²) < 4.78 is 68.6. The number of rotatable bonds is 75. The Kier molecular flexibility index (Phi) is 66.2. The average molecular weight is 1410 g/mol. The monoisotopic (exact) mass is 1410 g/mol. The highest BCUT2D eigenvalue weighted by atomic mass is 31.2. The van der Waals surface area contributed by atoms with Crippen LogP contribution in [0.4, 0.5) is 0 Å². The van der Waals surface area contributed by atoms with E-state index in [1.54, 1.807) is 0 Å². The summed E-state index contributed by atoms with van der Waals surface area (Å²) in [6, 6.07) is 0. The molecular weight excluding hydrogens is 1260 g/mol. The van der Waals surface area contributed by atoms with Gasteiger partial charge < -0.3 is 33.8 Å². The van der Waals surface area contributed by atoms with Crippen molar-refractivity contribution >= 4 is 39.5 Å². The van der Waals surface area contributed by atoms with Crippen molar-refractivity contribution in [2.24, 2.45) is 17.8 Å². The molecule has 570 valence electrons. The number of phosphoric ester groups is 2. The lowest BCUT2D eigenvalue weighted by molar-refractivity contribution is -0.161. The first-order valence-electron chi connectivity index (χ1n) is 39.9. The molecule has 0 spiro atoms. The van der Waals surface area contributed by atoms with Crippen molar-refractivity contribution in [1.82, 2.24) is 0 Å². The number of esters is 4. The van der Waals surface area contributed by atoms with E-state index in [-0.39, 0.29) is 25.7 Å². The van der Waals surface area contributed by atoms with Gasteiger partial charge in [-0.1, -0.05) is 344 Å². The molecule has 0 fully saturated rings. The normalized spacial score (nSPS) is 14.3. The highest BCUT2D eigenvalue weighted by Crippen LogP contribution is 2.45. The first kappa shape index (κ1) is 94.1. The molecule has 3 N–H and O–H groups in total. The number of unbranched alkanes of at least 4 members (excludes halogenated alkanes) is 42. The Bertz CT molecular complexity index is 1870. The predicted molar refractivity (Wildman–Crippen MR) is 391 cm³/mol. The molecule has 0 aromatic heterocycles. The van der Waals surface area contributed by atoms with Crippen LogP contribution in [0.5, 0.6) is 0 Å². The van der Waals surface area contributed by atoms with Crippen molar-refractivity contribution in [2.45, 2.75) is 414 Å². The highest BCUT2D eigenvalue weighted by molar-refractivity contribution is 7.47. The van der Waals surface area contributed by atoms with Crippen LogP contribution < -0.4 is 0 Å². The van der Waals surface area contributed by atoms with Crippen molar-refractivity contribution in [3.8, 4) is 0 Å². The van der Waals surface area contributed by atoms with E-state index in [0.29, 0.717) is 25.7 Å². The Balaban J connectivity index is 5.24. The summed E-state index contributed by atoms with van der Waals surface area (Å²) in [6.45, 7) is 11.9. The number of phosphoric acid groups is 2. The van der Waals surface area contributed by atoms with Crippen molar-refractivity contribution in [1.29, 1.82) is 0 Å². The summed E-state index contributed by atoms with van der Waals surface area (Å²) in [5.41, 5.74) is 0. The molecule has 0 rings (SSSR count). The van der Waals surface area contributed by atoms with E-state index in [1.165, 1.54) is 205 Å². The molecular formula is C77H150O17P2. The molecule has 96 heavy (non-hydrogen) atoms. The van der Waals surface area contributed by atoms with Crippen LogP contribution in [0.15, 0.2) is 0 Å². The van der Waals surface area contributed by atoms with Gasteiger partial charge in [-0.25, -0.2) is 9.13 Å². The molecule has 0 aliphatic carbocycles. The zero-order chi connectivity index (χ0) is 70.9. The molecule has 0 aromatic rings. The molecule has 3 unspecified atom stereocenters. The van der Waals surface area contributed by atoms with Crippen LogP contribution in [0.3, 0.4) is 0 Å². The summed E-state index contributed by atoms with van der Waals surface area (Å²) in [5.74, 6) is 0.221. The van der Waals surface area contributed by atoms with Crippen molar-refractivity contribution in [3.63, 3.8) is 0 Å². The zero-order valence-electron chi connectivity index (χ0n) is 62.8. The van der Waals surface area contributed by atoms with Crippen LogP contribution in [0.2, 0.25) is 0 Å². The van der Waals surface area contributed by atoms with E-state index in [9.17, 15) is 43.2 Å². The lowest BCUT2D eigenvalue weighted by Gasteiger charge is -2.21. The molecule has 0 bridgehead atoms. The molecule has 0 saturated heterocycles. The van der Waals surface area contributed by atoms with E-state index in [1.807, 2.05) is 0 Å². The fraction of sp³-hybridized carbons (Fsp3) is 0.948. The van der Waals surface area contributed by atoms with E-state index >= 15 is 0 Å². The predicted octanol–water partition coefficient (Wildman–Crippen LogP) is 22.6. The van der Waals surface area contributed by atoms with Gasteiger partial charge in [0.15, 0.2) is 12.2 Å². The first-order chi connectivity index (χ1) is 46.3. The van der Waals surface area contributed by atoms with Crippen molar-refractivity contribution in [3.05, 3.63) is 0 Å². The molecule has 0 aliphatic rings. The Morgan fingerprint density at radius 2 is 0.531 bits per heavy atom. The van der Waals surface area contributed by atoms with Crippen molar-refractivity contribution in [2.75, 3.05) is 39.6 Å². The number of hydrogen-bond acceptors (Lipinski definition) is 15. The van der Waals surface area contributed by atoms with Gasteiger partial charge in [0.05, 0.1) is 26.4 Å². The SMILES string of the molecule is CCCCCCCCCCCCCCC(=O)OC[C@H](COP(=O)(O)OC[C@H](O)COP(=O)(O)OC[C@@H](COC(=O)CCCCCCCCCCCCC(C)C)OC(=O)CCCCCCCCCCCCCCCCCCC(C)C)OC(=O)CCCCCCCCCCC(C)CC. The van der Waals surface area contributed by atoms with E-state index < -0.39 is 97.5 Å². The molecule has 0 aromatic carbocycles. The minimum atomic E-state index is -4.96. The van der Waals surface area contributed by atoms with Gasteiger partial charge in [0.2, 0.25) is 0 Å². The van der Waals surface area contributed by atoms with E-state index in [4.69, 9.17) is 37.0 Å². The average Bonchev–Trinajstić information content (AvgIpc) is 1.15. The van der Waals surface area contributed by atoms with Gasteiger partial charge in [0.25, 0.3) is 0 Å². The molecule has 19 heteroatoms. The number of ether oxygens (including phenoxy) is 4. The molecule has 0 aliphatic heterocycles. The maximum Gasteiger partial charge on any atom is 0.472 e. The quantitative estimate of drug-likeness (QED) is 0.0222. The van der Waals surface area contributed by atoms with Gasteiger partial charge in [-0.15, -0.1) is 0 Å². The van der Waals surface area contributed by atoms with Gasteiger partial charge in [0, 0.05) is 25.7 Å². The standard InChI is InChI=1S/C77H150O17P2/c1-8-10-11-12-13-14-15-23-29-37-44-51-58-74(79)87-65-73(94-77(82)61-54-47-40-33-32-36-43-50-57-70(7)9-2)67-92-96(85,86)90-63-71(78)62-89-95(83,84)91-66-72(64-88-75(80)59-52-45-38-30-26-25-28-35-42-49-56-69(5)6)93-76(81)60-53-46-39-31-24-21-19-17-16-18-20-22-27-34-41-48-55-68(3)4/h68-73,78H,8-67H2,1-7H3,(H,83,84)(H,85,86)/t70?,71-,72-,73-/m1/s1. The number of aliphatic hydroxyl groups is 1. The lowest BCUT2D eigenvalue weighted by atomic mass is 9.99. The van der Waals surface area contributed by atoms with Crippen molar-refractivity contribution < 1.29 is 80.2 Å². The Hall–Kier alpha value is -1.94. The summed E-state index contributed by atoms with van der Waals surface area (Å²) in [4.78, 5) is 72.9. The number of carbonyl (C=O) groups excluding carboxylic acids is 4. The molecule has 0 heterocycles. The zero-order valence-corrected chi connectivity index (χ0v) is 64.6. The largest absolute Gasteiger partial charge is 0.472 e. The van der Waals surface area contributed by atoms with Crippen LogP contribution in [0.1, 0.15) is 395 Å². The minimum Gasteiger partial charge on any atom is -0.462 e. The van der Waals surface area contributed by atoms with Crippen LogP contribution in [0.25, 0.3) is 0 Å². The van der Waals surface area contributed by atoms with Gasteiger partial charge in [-0.2, -0.15) is 0 Å². The van der Waals surface area contributed by atoms with Gasteiger partial charge in [-0.3, -0.25) is 37.3 Å². The smallest absolute Gasteiger partial charge is 0.462 e. The Morgan fingerprint density at radius 3 is 0.792 bits per heavy atom. The van der Waals surface area contributed by atoms with Gasteiger partial charge in [0.1, 0.15) is 19.3 Å². The van der Waals surface area contributed by atoms with E-state index in [0.717, 1.165) is 108 Å². The number of hydrogen-bond donors (Lipinski definition) is 3. The third-order valence-corrected chi connectivity index (χ3v) is 20.1. The summed E-state index contributed by atoms with van der Waals surface area (Å²) in [5, 5.41) is 10.6. The van der Waals surface area contributed by atoms with Crippen LogP contribution >= 0.6 is 15.6 Å². The summed E-state index contributed by atoms with van der Waals surface area (Å²) in [6.07, 6.45) is 54.0. The second-order valence-electron chi connectivity index (χ2n) is 28.9. The lowest BCUT2D eigenvalue weighted by Crippen LogP contribution is -2.30. The maximum atomic E-state index is 13.1. The topological polar surface area (TPSA) is 237 Å². The number of carbonyl (C=O) groups is 4. The maximum absolute atomic E-state index is 13.1. The number of aliphatic hydroxyl groups excluding tert-OH is 1. The molecule has 0 saturated carbocycles. The van der Waals surface area contributed by atoms with Gasteiger partial charge in [-0.05, 0) is 43.4 Å². The molecule has 17 nitrogen and oxygen atoms in total. The van der Waals surface area contributed by atoms with Crippen LogP contribution in [0, 0.1) is 17.8 Å². The third-order valence-electron chi connectivity index (χ3n) is 18.2. The fourth-order valence-corrected chi connectivity index (χ4v) is 13.3. The second kappa shape index (κ2) is 67.5. The summed E-state index contributed by atoms with van der Waals surface area (Å²) >= 11 is 0. The minimum absolute atomic E-state index is 0.105. The molecule has 0 amide bonds. The molecule has 6 atom stereocenters. The van der Waals surface area contributed by atoms with Crippen LogP contribution in [-0.2, 0) is 65.4 Å². The van der Waals surface area contributed by atoms with Crippen LogP contribution in [-0.4, -0.2) is 96.7 Å². The third kappa shape index (κ3) is 69.2. The summed E-state index contributed by atoms with van der Waals surface area (Å²) in [7, 11) is -9.91.